The van der Waals surface area contributed by atoms with Crippen LogP contribution in [-0.2, 0) is 35.6 Å². The van der Waals surface area contributed by atoms with E-state index in [0.29, 0.717) is 0 Å². The predicted molar refractivity (Wildman–Crippen MR) is 35.5 cm³/mol. The normalized spacial score (nSPS) is 7.55. The summed E-state index contributed by atoms with van der Waals surface area (Å²) < 4.78 is 31.6. The van der Waals surface area contributed by atoms with Gasteiger partial charge >= 0.3 is 59.3 Å². The van der Waals surface area contributed by atoms with Crippen molar-refractivity contribution in [3.8, 4) is 0 Å². The van der Waals surface area contributed by atoms with Crippen molar-refractivity contribution < 1.29 is 50.7 Å². The molecular formula is C2H8BaO6PdS. The minimum atomic E-state index is -4.67. The Kier molecular flexibility index (Phi) is 24.1. The van der Waals surface area contributed by atoms with Crippen LogP contribution in [0.25, 0.3) is 0 Å². The van der Waals surface area contributed by atoms with E-state index in [-0.39, 0.29) is 72.2 Å². The van der Waals surface area contributed by atoms with Crippen LogP contribution in [-0.4, -0.2) is 77.5 Å². The molecule has 0 rings (SSSR count). The summed E-state index contributed by atoms with van der Waals surface area (Å²) in [7, 11) is -4.67. The molecule has 0 saturated heterocycles. The molecule has 0 saturated carbocycles. The maximum Gasteiger partial charge on any atom is 2.00 e. The standard InChI is InChI=1S/C2H4O2.Ba.H2O4S.Pd.2H/c1-2(3)4;;1-5(2,3)4;;;/h1H3,(H,3,4);;(H2,1,2,3,4);;;/q;+2;;;2*-1. The Morgan fingerprint density at radius 3 is 1.36 bits per heavy atom. The van der Waals surface area contributed by atoms with Crippen LogP contribution < -0.4 is 0 Å². The summed E-state index contributed by atoms with van der Waals surface area (Å²) in [6, 6.07) is 0. The van der Waals surface area contributed by atoms with Crippen molar-refractivity contribution in [2.75, 3.05) is 0 Å². The average Bonchev–Trinajstić information content (AvgIpc) is 1.19. The molecule has 0 aliphatic heterocycles. The van der Waals surface area contributed by atoms with Crippen molar-refractivity contribution >= 4 is 65.2 Å². The molecule has 0 aromatic heterocycles. The molecule has 70 valence electrons. The van der Waals surface area contributed by atoms with Crippen LogP contribution in [0.15, 0.2) is 0 Å². The van der Waals surface area contributed by atoms with Gasteiger partial charge in [-0.3, -0.25) is 13.9 Å². The van der Waals surface area contributed by atoms with Crippen molar-refractivity contribution in [3.05, 3.63) is 0 Å². The van der Waals surface area contributed by atoms with Gasteiger partial charge in [-0.25, -0.2) is 0 Å². The summed E-state index contributed by atoms with van der Waals surface area (Å²) in [4.78, 5) is 9.00. The molecule has 0 aliphatic rings. The second-order valence-electron chi connectivity index (χ2n) is 0.967. The van der Waals surface area contributed by atoms with E-state index >= 15 is 0 Å². The largest absolute Gasteiger partial charge is 2.00 e. The first-order valence-electron chi connectivity index (χ1n) is 1.63. The number of carboxylic acid groups (broad SMARTS) is 1. The molecule has 0 fully saturated rings. The fourth-order valence-corrected chi connectivity index (χ4v) is 0. The Morgan fingerprint density at radius 1 is 1.36 bits per heavy atom. The first-order chi connectivity index (χ1) is 3.73. The Balaban J connectivity index is -0.0000000146. The van der Waals surface area contributed by atoms with Crippen molar-refractivity contribution in [1.29, 1.82) is 0 Å². The monoisotopic (exact) mass is 404 g/mol. The van der Waals surface area contributed by atoms with E-state index < -0.39 is 16.4 Å². The first kappa shape index (κ1) is 22.9. The van der Waals surface area contributed by atoms with Gasteiger partial charge in [-0.05, 0) is 0 Å². The Hall–Kier alpha value is 1.57. The number of aliphatic carboxylic acids is 1. The van der Waals surface area contributed by atoms with E-state index in [4.69, 9.17) is 27.4 Å². The van der Waals surface area contributed by atoms with Crippen LogP contribution in [0.2, 0.25) is 0 Å². The summed E-state index contributed by atoms with van der Waals surface area (Å²) >= 11 is 0. The molecule has 0 aromatic rings. The van der Waals surface area contributed by atoms with E-state index in [1.807, 2.05) is 0 Å². The zero-order valence-corrected chi connectivity index (χ0v) is 12.3. The minimum Gasteiger partial charge on any atom is -1.00 e. The second kappa shape index (κ2) is 11.6. The van der Waals surface area contributed by atoms with E-state index in [1.54, 1.807) is 0 Å². The molecule has 0 atom stereocenters. The van der Waals surface area contributed by atoms with Gasteiger partial charge in [-0.1, -0.05) is 0 Å². The third kappa shape index (κ3) is 428. The van der Waals surface area contributed by atoms with Gasteiger partial charge in [-0.15, -0.1) is 0 Å². The van der Waals surface area contributed by atoms with Crippen LogP contribution in [0, 0.1) is 0 Å². The first-order valence-corrected chi connectivity index (χ1v) is 3.02. The topological polar surface area (TPSA) is 112 Å². The number of carbonyl (C=O) groups is 1. The Morgan fingerprint density at radius 2 is 1.36 bits per heavy atom. The third-order valence-corrected chi connectivity index (χ3v) is 0. The molecule has 0 amide bonds. The van der Waals surface area contributed by atoms with Gasteiger partial charge in [-0.2, -0.15) is 8.42 Å². The average molecular weight is 404 g/mol. The Bertz CT molecular complexity index is 171. The van der Waals surface area contributed by atoms with Gasteiger partial charge in [0.25, 0.3) is 5.97 Å². The number of hydrogen-bond donors (Lipinski definition) is 3. The van der Waals surface area contributed by atoms with E-state index in [0.717, 1.165) is 6.92 Å². The van der Waals surface area contributed by atoms with E-state index in [9.17, 15) is 0 Å². The summed E-state index contributed by atoms with van der Waals surface area (Å²) in [6.45, 7) is 1.08. The van der Waals surface area contributed by atoms with Crippen LogP contribution in [0.5, 0.6) is 0 Å². The van der Waals surface area contributed by atoms with Crippen LogP contribution >= 0.6 is 0 Å². The second-order valence-corrected chi connectivity index (χ2v) is 1.86. The van der Waals surface area contributed by atoms with Gasteiger partial charge in [0.05, 0.1) is 0 Å². The van der Waals surface area contributed by atoms with Crippen LogP contribution in [0.4, 0.5) is 0 Å². The number of hydrogen-bond acceptors (Lipinski definition) is 3. The molecule has 3 N–H and O–H groups in total. The molecule has 0 heterocycles. The van der Waals surface area contributed by atoms with Crippen molar-refractivity contribution in [2.45, 2.75) is 6.92 Å². The summed E-state index contributed by atoms with van der Waals surface area (Å²) in [6.07, 6.45) is 0. The zero-order chi connectivity index (χ0) is 8.08. The number of carboxylic acids is 1. The molecule has 0 spiro atoms. The van der Waals surface area contributed by atoms with Crippen LogP contribution in [0.3, 0.4) is 0 Å². The Labute approximate surface area is 121 Å². The molecule has 0 aliphatic carbocycles. The molecule has 0 bridgehead atoms. The molecule has 0 aromatic carbocycles. The molecule has 9 heteroatoms. The quantitative estimate of drug-likeness (QED) is 0.363. The summed E-state index contributed by atoms with van der Waals surface area (Å²) in [5.74, 6) is -0.833. The smallest absolute Gasteiger partial charge is 1.00 e. The van der Waals surface area contributed by atoms with Gasteiger partial charge < -0.3 is 7.96 Å². The molecule has 0 radical (unpaired) electrons. The maximum absolute atomic E-state index is 9.00. The van der Waals surface area contributed by atoms with Gasteiger partial charge in [0.1, 0.15) is 0 Å². The van der Waals surface area contributed by atoms with Crippen molar-refractivity contribution in [3.63, 3.8) is 0 Å². The molecular weight excluding hydrogens is 396 g/mol. The molecule has 6 nitrogen and oxygen atoms in total. The van der Waals surface area contributed by atoms with Crippen LogP contribution in [0.1, 0.15) is 9.78 Å². The van der Waals surface area contributed by atoms with E-state index in [2.05, 4.69) is 0 Å². The van der Waals surface area contributed by atoms with Gasteiger partial charge in [0.2, 0.25) is 0 Å². The van der Waals surface area contributed by atoms with Gasteiger partial charge in [0, 0.05) is 27.3 Å². The fraction of sp³-hybridized carbons (Fsp3) is 0.500. The zero-order valence-electron chi connectivity index (χ0n) is 7.50. The molecule has 0 unspecified atom stereocenters. The summed E-state index contributed by atoms with van der Waals surface area (Å²) in [5.41, 5.74) is 0. The number of rotatable bonds is 0. The fourth-order valence-electron chi connectivity index (χ4n) is 0. The molecule has 11 heavy (non-hydrogen) atoms. The van der Waals surface area contributed by atoms with Crippen molar-refractivity contribution in [1.82, 2.24) is 0 Å². The van der Waals surface area contributed by atoms with Crippen molar-refractivity contribution in [2.24, 2.45) is 0 Å². The van der Waals surface area contributed by atoms with Gasteiger partial charge in [0.15, 0.2) is 0 Å². The SMILES string of the molecule is CC(=O)O.O=S(=O)(O)O.[Ba+2].[H-].[H-].[Pd]. The predicted octanol–water partition coefficient (Wildman–Crippen LogP) is -0.720. The minimum absolute atomic E-state index is 0. The van der Waals surface area contributed by atoms with E-state index in [1.165, 1.54) is 0 Å². The third-order valence-electron chi connectivity index (χ3n) is 0. The summed E-state index contributed by atoms with van der Waals surface area (Å²) in [5, 5.41) is 7.42. The maximum atomic E-state index is 9.00.